The lowest BCUT2D eigenvalue weighted by Crippen LogP contribution is -2.43. The summed E-state index contributed by atoms with van der Waals surface area (Å²) in [6.45, 7) is 0.875. The number of hydrogen-bond donors (Lipinski definition) is 3. The summed E-state index contributed by atoms with van der Waals surface area (Å²) in [7, 11) is 0. The predicted molar refractivity (Wildman–Crippen MR) is 87.7 cm³/mol. The van der Waals surface area contributed by atoms with Gasteiger partial charge in [-0.15, -0.1) is 0 Å². The Bertz CT molecular complexity index is 773. The summed E-state index contributed by atoms with van der Waals surface area (Å²) in [6.07, 6.45) is -4.51. The van der Waals surface area contributed by atoms with E-state index in [4.69, 9.17) is 5.73 Å². The number of alkyl halides is 3. The summed E-state index contributed by atoms with van der Waals surface area (Å²) in [5.41, 5.74) is 6.74. The van der Waals surface area contributed by atoms with Crippen LogP contribution < -0.4 is 16.4 Å². The van der Waals surface area contributed by atoms with Gasteiger partial charge in [0.05, 0.1) is 0 Å². The first-order chi connectivity index (χ1) is 11.7. The van der Waals surface area contributed by atoms with E-state index in [1.807, 2.05) is 5.32 Å². The van der Waals surface area contributed by atoms with Gasteiger partial charge in [-0.1, -0.05) is 6.07 Å². The molecule has 0 saturated carbocycles. The molecule has 1 atom stereocenters. The Morgan fingerprint density at radius 1 is 1.00 bits per heavy atom. The van der Waals surface area contributed by atoms with E-state index in [0.29, 0.717) is 16.9 Å². The zero-order valence-corrected chi connectivity index (χ0v) is 13.2. The van der Waals surface area contributed by atoms with Crippen LogP contribution in [0.3, 0.4) is 0 Å². The largest absolute Gasteiger partial charge is 0.408 e. The van der Waals surface area contributed by atoms with Crippen molar-refractivity contribution in [1.82, 2.24) is 5.32 Å². The number of nitrogens with two attached hydrogens (primary N) is 1. The van der Waals surface area contributed by atoms with Crippen LogP contribution >= 0.6 is 0 Å². The highest BCUT2D eigenvalue weighted by Gasteiger charge is 2.37. The van der Waals surface area contributed by atoms with Crippen LogP contribution in [0.15, 0.2) is 48.5 Å². The van der Waals surface area contributed by atoms with Crippen LogP contribution in [0.2, 0.25) is 0 Å². The van der Waals surface area contributed by atoms with Gasteiger partial charge in [0.25, 0.3) is 5.91 Å². The normalized spacial score (nSPS) is 12.3. The Labute approximate surface area is 142 Å². The maximum Gasteiger partial charge on any atom is 0.408 e. The topological polar surface area (TPSA) is 84.2 Å². The molecule has 8 heteroatoms. The number of benzene rings is 2. The summed E-state index contributed by atoms with van der Waals surface area (Å²) in [5.74, 6) is -1.37. The average Bonchev–Trinajstić information content (AvgIpc) is 2.54. The molecule has 2 amide bonds. The number of carbonyl (C=O) groups excluding carboxylic acids is 2. The second-order valence-corrected chi connectivity index (χ2v) is 5.38. The Kier molecular flexibility index (Phi) is 5.31. The summed E-state index contributed by atoms with van der Waals surface area (Å²) in [5, 5.41) is 4.90. The van der Waals surface area contributed by atoms with Crippen molar-refractivity contribution < 1.29 is 22.8 Å². The SMILES string of the molecule is CC(NC(=O)c1cccc(Nc2ccc(C(N)=O)cc2)c1)C(F)(F)F. The van der Waals surface area contributed by atoms with Crippen molar-refractivity contribution in [3.05, 3.63) is 59.7 Å². The number of halogens is 3. The number of nitrogens with one attached hydrogen (secondary N) is 2. The smallest absolute Gasteiger partial charge is 0.366 e. The molecule has 4 N–H and O–H groups in total. The van der Waals surface area contributed by atoms with Crippen molar-refractivity contribution in [3.8, 4) is 0 Å². The number of anilines is 2. The third-order valence-corrected chi connectivity index (χ3v) is 3.42. The Balaban J connectivity index is 2.10. The van der Waals surface area contributed by atoms with E-state index in [0.717, 1.165) is 6.92 Å². The molecule has 2 aromatic rings. The van der Waals surface area contributed by atoms with E-state index in [1.54, 1.807) is 24.3 Å². The molecule has 0 radical (unpaired) electrons. The summed E-state index contributed by atoms with van der Waals surface area (Å²) < 4.78 is 37.6. The monoisotopic (exact) mass is 351 g/mol. The molecule has 0 bridgehead atoms. The standard InChI is InChI=1S/C17H16F3N3O2/c1-10(17(18,19)20)22-16(25)12-3-2-4-14(9-12)23-13-7-5-11(6-8-13)15(21)24/h2-10,23H,1H3,(H2,21,24)(H,22,25). The van der Waals surface area contributed by atoms with Gasteiger partial charge in [-0.3, -0.25) is 9.59 Å². The molecule has 1 unspecified atom stereocenters. The number of hydrogen-bond acceptors (Lipinski definition) is 3. The van der Waals surface area contributed by atoms with Crippen LogP contribution in [-0.2, 0) is 0 Å². The zero-order chi connectivity index (χ0) is 18.6. The fourth-order valence-corrected chi connectivity index (χ4v) is 1.98. The molecular formula is C17H16F3N3O2. The molecule has 0 spiro atoms. The lowest BCUT2D eigenvalue weighted by atomic mass is 10.1. The van der Waals surface area contributed by atoms with E-state index in [2.05, 4.69) is 5.32 Å². The number of amides is 2. The molecule has 0 heterocycles. The molecule has 0 aliphatic carbocycles. The van der Waals surface area contributed by atoms with Crippen molar-refractivity contribution >= 4 is 23.2 Å². The second kappa shape index (κ2) is 7.25. The van der Waals surface area contributed by atoms with Crippen LogP contribution in [0.5, 0.6) is 0 Å². The van der Waals surface area contributed by atoms with Crippen LogP contribution in [0.4, 0.5) is 24.5 Å². The Hall–Kier alpha value is -3.03. The van der Waals surface area contributed by atoms with Gasteiger partial charge in [0, 0.05) is 22.5 Å². The molecule has 0 aliphatic rings. The van der Waals surface area contributed by atoms with Gasteiger partial charge < -0.3 is 16.4 Å². The van der Waals surface area contributed by atoms with Gasteiger partial charge >= 0.3 is 6.18 Å². The minimum Gasteiger partial charge on any atom is -0.366 e. The lowest BCUT2D eigenvalue weighted by Gasteiger charge is -2.17. The van der Waals surface area contributed by atoms with Gasteiger partial charge in [-0.2, -0.15) is 13.2 Å². The summed E-state index contributed by atoms with van der Waals surface area (Å²) >= 11 is 0. The number of carbonyl (C=O) groups is 2. The first kappa shape index (κ1) is 18.3. The van der Waals surface area contributed by atoms with Crippen molar-refractivity contribution in [2.75, 3.05) is 5.32 Å². The minimum absolute atomic E-state index is 0.0925. The maximum absolute atomic E-state index is 12.5. The van der Waals surface area contributed by atoms with Crippen LogP contribution in [0, 0.1) is 0 Å². The molecule has 0 aromatic heterocycles. The predicted octanol–water partition coefficient (Wildman–Crippen LogP) is 3.21. The van der Waals surface area contributed by atoms with E-state index in [9.17, 15) is 22.8 Å². The van der Waals surface area contributed by atoms with Crippen LogP contribution in [0.25, 0.3) is 0 Å². The van der Waals surface area contributed by atoms with Crippen LogP contribution in [0.1, 0.15) is 27.6 Å². The van der Waals surface area contributed by atoms with E-state index < -0.39 is 24.0 Å². The molecule has 0 aliphatic heterocycles. The third-order valence-electron chi connectivity index (χ3n) is 3.42. The molecular weight excluding hydrogens is 335 g/mol. The van der Waals surface area contributed by atoms with Gasteiger partial charge in [0.1, 0.15) is 6.04 Å². The molecule has 132 valence electrons. The summed E-state index contributed by atoms with van der Waals surface area (Å²) in [6, 6.07) is 10.4. The van der Waals surface area contributed by atoms with Gasteiger partial charge in [-0.05, 0) is 49.4 Å². The molecule has 0 fully saturated rings. The first-order valence-corrected chi connectivity index (χ1v) is 7.31. The second-order valence-electron chi connectivity index (χ2n) is 5.38. The maximum atomic E-state index is 12.5. The Morgan fingerprint density at radius 3 is 2.20 bits per heavy atom. The molecule has 25 heavy (non-hydrogen) atoms. The van der Waals surface area contributed by atoms with E-state index >= 15 is 0 Å². The van der Waals surface area contributed by atoms with E-state index in [-0.39, 0.29) is 5.56 Å². The average molecular weight is 351 g/mol. The zero-order valence-electron chi connectivity index (χ0n) is 13.2. The fraction of sp³-hybridized carbons (Fsp3) is 0.176. The quantitative estimate of drug-likeness (QED) is 0.773. The van der Waals surface area contributed by atoms with Gasteiger partial charge in [0.15, 0.2) is 0 Å². The first-order valence-electron chi connectivity index (χ1n) is 7.31. The summed E-state index contributed by atoms with van der Waals surface area (Å²) in [4.78, 5) is 23.0. The van der Waals surface area contributed by atoms with Crippen molar-refractivity contribution in [2.24, 2.45) is 5.73 Å². The highest BCUT2D eigenvalue weighted by Crippen LogP contribution is 2.21. The molecule has 2 rings (SSSR count). The highest BCUT2D eigenvalue weighted by molar-refractivity contribution is 5.95. The minimum atomic E-state index is -4.51. The molecule has 5 nitrogen and oxygen atoms in total. The van der Waals surface area contributed by atoms with Crippen LogP contribution in [-0.4, -0.2) is 24.0 Å². The third kappa shape index (κ3) is 4.97. The van der Waals surface area contributed by atoms with Gasteiger partial charge in [-0.25, -0.2) is 0 Å². The molecule has 2 aromatic carbocycles. The fourth-order valence-electron chi connectivity index (χ4n) is 1.98. The molecule has 0 saturated heterocycles. The van der Waals surface area contributed by atoms with Crippen molar-refractivity contribution in [2.45, 2.75) is 19.1 Å². The highest BCUT2D eigenvalue weighted by atomic mass is 19.4. The number of primary amides is 1. The van der Waals surface area contributed by atoms with E-state index in [1.165, 1.54) is 24.3 Å². The number of rotatable bonds is 5. The van der Waals surface area contributed by atoms with Crippen molar-refractivity contribution in [3.63, 3.8) is 0 Å². The Morgan fingerprint density at radius 2 is 1.64 bits per heavy atom. The lowest BCUT2D eigenvalue weighted by molar-refractivity contribution is -0.149. The van der Waals surface area contributed by atoms with Gasteiger partial charge in [0.2, 0.25) is 5.91 Å². The van der Waals surface area contributed by atoms with Crippen molar-refractivity contribution in [1.29, 1.82) is 0 Å².